The van der Waals surface area contributed by atoms with E-state index < -0.39 is 58.3 Å². The SMILES string of the molecule is CCCCCCCCCCCCCC(=O)OCCN(CCOC(=O)CCCCCCCCCCCCC)C(=O)C(F)(F)F.CCCCCCCCCCCCCC(=O)OCCN(CCOC(=O)CCCCCCCCCCCCC)C(=O)Oc1ccc([N+](=O)[O-])cc1.O=C(Cl)Cc1ccc([N+](=O)[O-])cc1. The topological polar surface area (TPSA) is 258 Å². The van der Waals surface area contributed by atoms with Gasteiger partial charge in [0, 0.05) is 56.4 Å². The van der Waals surface area contributed by atoms with Crippen molar-refractivity contribution in [2.24, 2.45) is 0 Å². The van der Waals surface area contributed by atoms with E-state index in [0.29, 0.717) is 36.1 Å². The van der Waals surface area contributed by atoms with E-state index in [2.05, 4.69) is 27.7 Å². The van der Waals surface area contributed by atoms with Gasteiger partial charge in [-0.15, -0.1) is 0 Å². The summed E-state index contributed by atoms with van der Waals surface area (Å²) in [5.74, 6) is -3.46. The maximum Gasteiger partial charge on any atom is 0.471 e. The van der Waals surface area contributed by atoms with Gasteiger partial charge in [0.25, 0.3) is 11.4 Å². The maximum atomic E-state index is 13.0. The van der Waals surface area contributed by atoms with Gasteiger partial charge in [-0.2, -0.15) is 13.2 Å². The number of esters is 4. The molecular weight excluding hydrogens is 1380 g/mol. The van der Waals surface area contributed by atoms with E-state index in [1.807, 2.05) is 0 Å². The van der Waals surface area contributed by atoms with Gasteiger partial charge in [-0.05, 0) is 55.0 Å². The maximum absolute atomic E-state index is 13.0. The highest BCUT2D eigenvalue weighted by atomic mass is 35.5. The molecule has 2 aromatic carbocycles. The summed E-state index contributed by atoms with van der Waals surface area (Å²) in [6, 6.07) is 10.9. The third-order valence-electron chi connectivity index (χ3n) is 18.0. The molecule has 0 aliphatic rings. The van der Waals surface area contributed by atoms with Crippen molar-refractivity contribution < 1.29 is 80.3 Å². The highest BCUT2D eigenvalue weighted by molar-refractivity contribution is 6.63. The fraction of sp³-hybridized carbons (Fsp3) is 0.765. The predicted molar refractivity (Wildman–Crippen MR) is 409 cm³/mol. The largest absolute Gasteiger partial charge is 0.471 e. The molecule has 20 nitrogen and oxygen atoms in total. The molecule has 0 saturated carbocycles. The molecule has 0 fully saturated rings. The van der Waals surface area contributed by atoms with Crippen LogP contribution in [0.5, 0.6) is 5.75 Å². The number of nitro groups is 2. The number of nitrogens with zero attached hydrogens (tertiary/aromatic N) is 4. The first-order chi connectivity index (χ1) is 50.7. The molecule has 0 aromatic heterocycles. The summed E-state index contributed by atoms with van der Waals surface area (Å²) in [5, 5.41) is 20.7. The summed E-state index contributed by atoms with van der Waals surface area (Å²) < 4.78 is 65.4. The number of non-ortho nitro benzene ring substituents is 2. The summed E-state index contributed by atoms with van der Waals surface area (Å²) in [6.07, 6.45) is 47.1. The smallest absolute Gasteiger partial charge is 0.464 e. The molecule has 0 aliphatic heterocycles. The molecule has 0 radical (unpaired) electrons. The number of alkyl halides is 3. The zero-order chi connectivity index (χ0) is 77.7. The summed E-state index contributed by atoms with van der Waals surface area (Å²) in [5.41, 5.74) is 0.558. The number of hydrogen-bond donors (Lipinski definition) is 0. The van der Waals surface area contributed by atoms with Crippen molar-refractivity contribution in [2.75, 3.05) is 52.6 Å². The van der Waals surface area contributed by atoms with E-state index in [0.717, 1.165) is 77.0 Å². The Labute approximate surface area is 632 Å². The van der Waals surface area contributed by atoms with E-state index in [1.165, 1.54) is 246 Å². The van der Waals surface area contributed by atoms with Gasteiger partial charge < -0.3 is 33.5 Å². The Bertz CT molecular complexity index is 2460. The number of unbranched alkanes of at least 4 members (excludes halogenated alkanes) is 40. The molecule has 0 aliphatic carbocycles. The number of nitro benzene ring substituents is 2. The lowest BCUT2D eigenvalue weighted by molar-refractivity contribution is -0.385. The fourth-order valence-electron chi connectivity index (χ4n) is 11.6. The Balaban J connectivity index is 0.00000176. The van der Waals surface area contributed by atoms with Crippen molar-refractivity contribution in [3.8, 4) is 5.75 Å². The molecule has 602 valence electrons. The quantitative estimate of drug-likeness (QED) is 0.0149. The van der Waals surface area contributed by atoms with Crippen LogP contribution in [0.3, 0.4) is 0 Å². The lowest BCUT2D eigenvalue weighted by Gasteiger charge is -2.23. The number of ether oxygens (including phenoxy) is 5. The van der Waals surface area contributed by atoms with Gasteiger partial charge in [0.2, 0.25) is 5.24 Å². The lowest BCUT2D eigenvalue weighted by Crippen LogP contribution is -2.44. The highest BCUT2D eigenvalue weighted by Gasteiger charge is 2.42. The molecule has 2 aromatic rings. The van der Waals surface area contributed by atoms with Gasteiger partial charge in [0.1, 0.15) is 32.2 Å². The first-order valence-electron chi connectivity index (χ1n) is 40.3. The number of carbonyl (C=O) groups is 7. The minimum atomic E-state index is -5.06. The second-order valence-electron chi connectivity index (χ2n) is 27.4. The van der Waals surface area contributed by atoms with Crippen molar-refractivity contribution >= 4 is 64.1 Å². The lowest BCUT2D eigenvalue weighted by atomic mass is 10.1. The zero-order valence-corrected chi connectivity index (χ0v) is 65.5. The van der Waals surface area contributed by atoms with Crippen LogP contribution in [-0.2, 0) is 54.1 Å². The van der Waals surface area contributed by atoms with Crippen LogP contribution >= 0.6 is 11.6 Å². The van der Waals surface area contributed by atoms with Crippen molar-refractivity contribution in [3.05, 3.63) is 74.3 Å². The molecule has 0 spiro atoms. The monoisotopic (exact) mass is 1510 g/mol. The Kier molecular flexibility index (Phi) is 65.1. The number of halogens is 4. The third kappa shape index (κ3) is 62.4. The van der Waals surface area contributed by atoms with E-state index in [4.69, 9.17) is 35.3 Å². The number of amides is 2. The summed E-state index contributed by atoms with van der Waals surface area (Å²) >= 11 is 5.14. The molecular formula is C81H134ClF3N4O16. The average molecular weight is 1510 g/mol. The van der Waals surface area contributed by atoms with Crippen LogP contribution in [-0.4, -0.2) is 120 Å². The van der Waals surface area contributed by atoms with Crippen molar-refractivity contribution in [3.63, 3.8) is 0 Å². The number of hydrogen-bond acceptors (Lipinski definition) is 16. The van der Waals surface area contributed by atoms with E-state index in [1.54, 1.807) is 0 Å². The van der Waals surface area contributed by atoms with E-state index >= 15 is 0 Å². The Morgan fingerprint density at radius 1 is 0.362 bits per heavy atom. The molecule has 0 heterocycles. The molecule has 24 heteroatoms. The standard InChI is InChI=1S/C39H66N2O8.C34H62F3NO5.C8H6ClNO3/c1-3-5-7-9-11-13-15-17-19-21-23-25-37(42)47-33-31-40(39(44)49-36-29-27-35(28-30-36)41(45)46)32-34-48-38(43)26-24-22-20-18-16-14-12-10-8-6-4-2;1-3-5-7-9-11-13-15-17-19-21-23-25-31(39)42-29-27-38(33(41)34(35,36)37)28-30-43-32(40)26-24-22-20-18-16-14-12-10-8-6-4-2;9-8(11)5-6-1-3-7(4-2-6)10(12)13/h27-30H,3-26,31-34H2,1-2H3;3-30H2,1-2H3;1-4H,5H2. The molecule has 0 N–H and O–H groups in total. The molecule has 2 amide bonds. The van der Waals surface area contributed by atoms with E-state index in [9.17, 15) is 67.0 Å². The van der Waals surface area contributed by atoms with Gasteiger partial charge in [0.15, 0.2) is 0 Å². The second-order valence-corrected chi connectivity index (χ2v) is 27.8. The first-order valence-corrected chi connectivity index (χ1v) is 40.7. The fourth-order valence-corrected chi connectivity index (χ4v) is 11.7. The van der Waals surface area contributed by atoms with Gasteiger partial charge >= 0.3 is 42.1 Å². The average Bonchev–Trinajstić information content (AvgIpc) is 0.932. The second kappa shape index (κ2) is 69.4. The molecule has 105 heavy (non-hydrogen) atoms. The van der Waals surface area contributed by atoms with Gasteiger partial charge in [-0.1, -0.05) is 297 Å². The van der Waals surface area contributed by atoms with Crippen LogP contribution < -0.4 is 4.74 Å². The molecule has 0 saturated heterocycles. The number of rotatable bonds is 65. The Morgan fingerprint density at radius 3 is 0.819 bits per heavy atom. The van der Waals surface area contributed by atoms with Gasteiger partial charge in [-0.3, -0.25) is 49.0 Å². The summed E-state index contributed by atoms with van der Waals surface area (Å²) in [4.78, 5) is 106. The normalized spacial score (nSPS) is 11.0. The van der Waals surface area contributed by atoms with Crippen LogP contribution in [0.1, 0.15) is 341 Å². The zero-order valence-electron chi connectivity index (χ0n) is 64.8. The molecule has 0 unspecified atom stereocenters. The summed E-state index contributed by atoms with van der Waals surface area (Å²) in [7, 11) is 0. The molecule has 0 bridgehead atoms. The van der Waals surface area contributed by atoms with Gasteiger partial charge in [-0.25, -0.2) is 4.79 Å². The number of benzene rings is 2. The van der Waals surface area contributed by atoms with Crippen LogP contribution in [0.25, 0.3) is 0 Å². The predicted octanol–water partition coefficient (Wildman–Crippen LogP) is 22.7. The first kappa shape index (κ1) is 98.6. The Morgan fingerprint density at radius 2 is 0.590 bits per heavy atom. The van der Waals surface area contributed by atoms with Crippen LogP contribution in [0.4, 0.5) is 29.3 Å². The van der Waals surface area contributed by atoms with E-state index in [-0.39, 0.29) is 87.8 Å². The van der Waals surface area contributed by atoms with Crippen LogP contribution in [0.15, 0.2) is 48.5 Å². The van der Waals surface area contributed by atoms with Gasteiger partial charge in [0.05, 0.1) is 36.0 Å². The van der Waals surface area contributed by atoms with Crippen molar-refractivity contribution in [2.45, 2.75) is 348 Å². The van der Waals surface area contributed by atoms with Crippen LogP contribution in [0, 0.1) is 20.2 Å². The third-order valence-corrected chi connectivity index (χ3v) is 18.1. The van der Waals surface area contributed by atoms with Crippen molar-refractivity contribution in [1.82, 2.24) is 9.80 Å². The van der Waals surface area contributed by atoms with Crippen molar-refractivity contribution in [1.29, 1.82) is 0 Å². The Hall–Kier alpha value is -6.39. The minimum absolute atomic E-state index is 0.00534. The minimum Gasteiger partial charge on any atom is -0.464 e. The number of carbonyl (C=O) groups excluding carboxylic acids is 7. The molecule has 0 atom stereocenters. The molecule has 2 rings (SSSR count). The summed E-state index contributed by atoms with van der Waals surface area (Å²) in [6.45, 7) is 7.51. The highest BCUT2D eigenvalue weighted by Crippen LogP contribution is 2.22. The van der Waals surface area contributed by atoms with Crippen LogP contribution in [0.2, 0.25) is 0 Å².